The van der Waals surface area contributed by atoms with Gasteiger partial charge < -0.3 is 5.32 Å². The molecule has 2 nitrogen and oxygen atoms in total. The molecule has 2 heterocycles. The number of thiophene rings is 1. The van der Waals surface area contributed by atoms with Gasteiger partial charge in [-0.2, -0.15) is 0 Å². The lowest BCUT2D eigenvalue weighted by atomic mass is 10.3. The molecule has 0 aliphatic heterocycles. The summed E-state index contributed by atoms with van der Waals surface area (Å²) >= 11 is 7.39. The van der Waals surface area contributed by atoms with Crippen molar-refractivity contribution in [2.24, 2.45) is 0 Å². The number of aromatic nitrogens is 1. The maximum absolute atomic E-state index is 12.6. The number of nitrogens with one attached hydrogen (secondary N) is 1. The Balaban J connectivity index is 1.82. The van der Waals surface area contributed by atoms with Gasteiger partial charge in [0, 0.05) is 11.4 Å². The molecule has 1 N–H and O–H groups in total. The number of pyridine rings is 1. The van der Waals surface area contributed by atoms with Crippen molar-refractivity contribution in [3.8, 4) is 0 Å². The van der Waals surface area contributed by atoms with E-state index in [4.69, 9.17) is 11.6 Å². The highest BCUT2D eigenvalue weighted by molar-refractivity contribution is 7.16. The predicted octanol–water partition coefficient (Wildman–Crippen LogP) is 3.59. The maximum Gasteiger partial charge on any atom is 0.141 e. The van der Waals surface area contributed by atoms with Gasteiger partial charge in [-0.15, -0.1) is 11.3 Å². The van der Waals surface area contributed by atoms with Crippen LogP contribution in [0.1, 0.15) is 4.88 Å². The topological polar surface area (TPSA) is 24.9 Å². The average molecular weight is 257 g/mol. The van der Waals surface area contributed by atoms with Crippen LogP contribution in [0.15, 0.2) is 30.5 Å². The zero-order valence-electron chi connectivity index (χ0n) is 8.41. The predicted molar refractivity (Wildman–Crippen MR) is 65.7 cm³/mol. The Bertz CT molecular complexity index is 455. The molecule has 5 heteroatoms. The smallest absolute Gasteiger partial charge is 0.141 e. The molecular formula is C11H10ClFN2S. The molecule has 0 amide bonds. The summed E-state index contributed by atoms with van der Waals surface area (Å²) in [6, 6.07) is 6.90. The highest BCUT2D eigenvalue weighted by Crippen LogP contribution is 2.21. The monoisotopic (exact) mass is 256 g/mol. The molecule has 0 atom stereocenters. The van der Waals surface area contributed by atoms with Crippen LogP contribution in [0.25, 0.3) is 0 Å². The van der Waals surface area contributed by atoms with Crippen LogP contribution in [0.2, 0.25) is 4.34 Å². The Labute approximate surface area is 102 Å². The second kappa shape index (κ2) is 5.27. The third-order valence-electron chi connectivity index (χ3n) is 2.03. The van der Waals surface area contributed by atoms with E-state index in [-0.39, 0.29) is 5.82 Å². The summed E-state index contributed by atoms with van der Waals surface area (Å²) in [4.78, 5) is 5.13. The second-order valence-electron chi connectivity index (χ2n) is 3.24. The number of rotatable bonds is 4. The minimum Gasteiger partial charge on any atom is -0.370 e. The van der Waals surface area contributed by atoms with Crippen molar-refractivity contribution >= 4 is 28.8 Å². The fraction of sp³-hybridized carbons (Fsp3) is 0.182. The molecule has 0 aliphatic carbocycles. The van der Waals surface area contributed by atoms with Crippen LogP contribution in [0, 0.1) is 5.82 Å². The van der Waals surface area contributed by atoms with E-state index >= 15 is 0 Å². The van der Waals surface area contributed by atoms with Crippen LogP contribution in [-0.4, -0.2) is 11.5 Å². The van der Waals surface area contributed by atoms with Gasteiger partial charge in [0.15, 0.2) is 0 Å². The minimum atomic E-state index is -0.324. The van der Waals surface area contributed by atoms with Gasteiger partial charge in [0.25, 0.3) is 0 Å². The van der Waals surface area contributed by atoms with Gasteiger partial charge in [-0.3, -0.25) is 0 Å². The van der Waals surface area contributed by atoms with Crippen LogP contribution in [0.4, 0.5) is 10.2 Å². The van der Waals surface area contributed by atoms with Crippen LogP contribution in [0.3, 0.4) is 0 Å². The molecule has 0 aromatic carbocycles. The van der Waals surface area contributed by atoms with Gasteiger partial charge in [0.2, 0.25) is 0 Å². The first-order valence-electron chi connectivity index (χ1n) is 4.84. The standard InChI is InChI=1S/C11H10ClFN2S/c12-10-3-2-9(16-10)5-6-14-11-4-1-8(13)7-15-11/h1-4,7H,5-6H2,(H,14,15). The van der Waals surface area contributed by atoms with Crippen molar-refractivity contribution in [1.29, 1.82) is 0 Å². The van der Waals surface area contributed by atoms with E-state index in [2.05, 4.69) is 10.3 Å². The Morgan fingerprint density at radius 3 is 2.81 bits per heavy atom. The average Bonchev–Trinajstić information content (AvgIpc) is 2.67. The van der Waals surface area contributed by atoms with E-state index in [0.29, 0.717) is 5.82 Å². The van der Waals surface area contributed by atoms with Gasteiger partial charge >= 0.3 is 0 Å². The summed E-state index contributed by atoms with van der Waals surface area (Å²) in [5.74, 6) is 0.361. The zero-order chi connectivity index (χ0) is 11.4. The Hall–Kier alpha value is -1.13. The number of hydrogen-bond acceptors (Lipinski definition) is 3. The summed E-state index contributed by atoms with van der Waals surface area (Å²) in [7, 11) is 0. The Morgan fingerprint density at radius 1 is 1.31 bits per heavy atom. The van der Waals surface area contributed by atoms with Crippen molar-refractivity contribution in [2.75, 3.05) is 11.9 Å². The molecular weight excluding hydrogens is 247 g/mol. The number of halogens is 2. The Morgan fingerprint density at radius 2 is 2.19 bits per heavy atom. The highest BCUT2D eigenvalue weighted by atomic mass is 35.5. The summed E-state index contributed by atoms with van der Waals surface area (Å²) in [5, 5.41) is 3.12. The first-order chi connectivity index (χ1) is 7.74. The number of hydrogen-bond donors (Lipinski definition) is 1. The largest absolute Gasteiger partial charge is 0.370 e. The van der Waals surface area contributed by atoms with E-state index in [9.17, 15) is 4.39 Å². The van der Waals surface area contributed by atoms with Crippen LogP contribution < -0.4 is 5.32 Å². The lowest BCUT2D eigenvalue weighted by molar-refractivity contribution is 0.621. The lowest BCUT2D eigenvalue weighted by Gasteiger charge is -2.03. The molecule has 0 bridgehead atoms. The number of nitrogens with zero attached hydrogens (tertiary/aromatic N) is 1. The first kappa shape index (κ1) is 11.4. The number of anilines is 1. The third-order valence-corrected chi connectivity index (χ3v) is 3.32. The minimum absolute atomic E-state index is 0.324. The lowest BCUT2D eigenvalue weighted by Crippen LogP contribution is -2.05. The van der Waals surface area contributed by atoms with Crippen molar-refractivity contribution in [1.82, 2.24) is 4.98 Å². The van der Waals surface area contributed by atoms with Crippen molar-refractivity contribution < 1.29 is 4.39 Å². The van der Waals surface area contributed by atoms with Gasteiger partial charge in [-0.25, -0.2) is 9.37 Å². The van der Waals surface area contributed by atoms with E-state index in [1.807, 2.05) is 12.1 Å². The van der Waals surface area contributed by atoms with Crippen LogP contribution in [-0.2, 0) is 6.42 Å². The maximum atomic E-state index is 12.6. The van der Waals surface area contributed by atoms with Crippen molar-refractivity contribution in [3.05, 3.63) is 45.5 Å². The molecule has 2 aromatic rings. The van der Waals surface area contributed by atoms with Gasteiger partial charge in [-0.05, 0) is 30.7 Å². The van der Waals surface area contributed by atoms with Gasteiger partial charge in [-0.1, -0.05) is 11.6 Å². The van der Waals surface area contributed by atoms with Crippen LogP contribution in [0.5, 0.6) is 0 Å². The van der Waals surface area contributed by atoms with Crippen LogP contribution >= 0.6 is 22.9 Å². The Kier molecular flexibility index (Phi) is 3.74. The van der Waals surface area contributed by atoms with E-state index in [0.717, 1.165) is 17.3 Å². The van der Waals surface area contributed by atoms with E-state index < -0.39 is 0 Å². The quantitative estimate of drug-likeness (QED) is 0.904. The van der Waals surface area contributed by atoms with E-state index in [1.165, 1.54) is 17.1 Å². The summed E-state index contributed by atoms with van der Waals surface area (Å²) in [5.41, 5.74) is 0. The fourth-order valence-electron chi connectivity index (χ4n) is 1.28. The van der Waals surface area contributed by atoms with Crippen molar-refractivity contribution in [2.45, 2.75) is 6.42 Å². The van der Waals surface area contributed by atoms with Crippen molar-refractivity contribution in [3.63, 3.8) is 0 Å². The molecule has 0 spiro atoms. The molecule has 0 radical (unpaired) electrons. The summed E-state index contributed by atoms with van der Waals surface area (Å²) in [6.07, 6.45) is 2.08. The molecule has 84 valence electrons. The fourth-order valence-corrected chi connectivity index (χ4v) is 2.37. The molecule has 16 heavy (non-hydrogen) atoms. The molecule has 0 saturated heterocycles. The molecule has 2 rings (SSSR count). The molecule has 0 fully saturated rings. The zero-order valence-corrected chi connectivity index (χ0v) is 9.98. The molecule has 0 saturated carbocycles. The first-order valence-corrected chi connectivity index (χ1v) is 6.03. The molecule has 0 aliphatic rings. The molecule has 2 aromatic heterocycles. The summed E-state index contributed by atoms with van der Waals surface area (Å²) < 4.78 is 13.4. The normalized spacial score (nSPS) is 10.4. The molecule has 0 unspecified atom stereocenters. The second-order valence-corrected chi connectivity index (χ2v) is 5.04. The third kappa shape index (κ3) is 3.18. The van der Waals surface area contributed by atoms with E-state index in [1.54, 1.807) is 17.4 Å². The highest BCUT2D eigenvalue weighted by Gasteiger charge is 1.98. The summed E-state index contributed by atoms with van der Waals surface area (Å²) in [6.45, 7) is 0.759. The van der Waals surface area contributed by atoms with Gasteiger partial charge in [0.05, 0.1) is 10.5 Å². The SMILES string of the molecule is Fc1ccc(NCCc2ccc(Cl)s2)nc1. The van der Waals surface area contributed by atoms with Gasteiger partial charge in [0.1, 0.15) is 11.6 Å².